The molecule has 3 fully saturated rings. The summed E-state index contributed by atoms with van der Waals surface area (Å²) in [6, 6.07) is 0. The van der Waals surface area contributed by atoms with Crippen molar-refractivity contribution in [3.8, 4) is 0 Å². The molecule has 1 saturated heterocycles. The minimum absolute atomic E-state index is 0.0341. The summed E-state index contributed by atoms with van der Waals surface area (Å²) in [6.45, 7) is 12.5. The summed E-state index contributed by atoms with van der Waals surface area (Å²) in [5.74, 6) is -3.00. The number of ether oxygens (including phenoxy) is 3. The highest BCUT2D eigenvalue weighted by atomic mass is 16.7. The Balaban J connectivity index is 1.74. The van der Waals surface area contributed by atoms with Crippen molar-refractivity contribution in [1.82, 2.24) is 0 Å². The van der Waals surface area contributed by atoms with Crippen LogP contribution in [0, 0.1) is 29.1 Å². The van der Waals surface area contributed by atoms with E-state index in [-0.39, 0.29) is 24.0 Å². The van der Waals surface area contributed by atoms with Crippen LogP contribution in [0.25, 0.3) is 0 Å². The molecule has 0 bridgehead atoms. The first-order chi connectivity index (χ1) is 18.1. The van der Waals surface area contributed by atoms with Gasteiger partial charge in [-0.1, -0.05) is 39.3 Å². The zero-order valence-electron chi connectivity index (χ0n) is 24.5. The fourth-order valence-electron chi connectivity index (χ4n) is 7.94. The topological polar surface area (TPSA) is 119 Å². The molecule has 2 N–H and O–H groups in total. The Morgan fingerprint density at radius 1 is 1.08 bits per heavy atom. The van der Waals surface area contributed by atoms with Gasteiger partial charge >= 0.3 is 11.9 Å². The summed E-state index contributed by atoms with van der Waals surface area (Å²) in [7, 11) is 0. The van der Waals surface area contributed by atoms with Gasteiger partial charge in [-0.05, 0) is 75.4 Å². The van der Waals surface area contributed by atoms with E-state index in [1.807, 2.05) is 13.0 Å². The van der Waals surface area contributed by atoms with Gasteiger partial charge in [0.15, 0.2) is 11.6 Å². The van der Waals surface area contributed by atoms with E-state index in [0.717, 1.165) is 12.0 Å². The lowest BCUT2D eigenvalue weighted by Gasteiger charge is -2.62. The van der Waals surface area contributed by atoms with E-state index < -0.39 is 52.5 Å². The number of hydrogen-bond donors (Lipinski definition) is 2. The molecular formula is C31H46O8. The van der Waals surface area contributed by atoms with E-state index in [2.05, 4.69) is 20.8 Å². The number of fused-ring (bicyclic) bond motifs is 4. The van der Waals surface area contributed by atoms with Gasteiger partial charge in [-0.3, -0.25) is 14.4 Å². The predicted molar refractivity (Wildman–Crippen MR) is 144 cm³/mol. The van der Waals surface area contributed by atoms with E-state index >= 15 is 0 Å². The van der Waals surface area contributed by atoms with Crippen LogP contribution >= 0.6 is 0 Å². The summed E-state index contributed by atoms with van der Waals surface area (Å²) < 4.78 is 18.2. The summed E-state index contributed by atoms with van der Waals surface area (Å²) in [6.07, 6.45) is 7.60. The number of ketones is 1. The van der Waals surface area contributed by atoms with Gasteiger partial charge in [-0.25, -0.2) is 0 Å². The molecule has 0 radical (unpaired) electrons. The van der Waals surface area contributed by atoms with E-state index in [4.69, 9.17) is 14.2 Å². The van der Waals surface area contributed by atoms with Crippen LogP contribution in [0.15, 0.2) is 23.8 Å². The van der Waals surface area contributed by atoms with Gasteiger partial charge in [0.25, 0.3) is 0 Å². The lowest BCUT2D eigenvalue weighted by atomic mass is 9.47. The molecule has 0 aromatic heterocycles. The molecule has 8 heteroatoms. The van der Waals surface area contributed by atoms with Crippen LogP contribution in [0.3, 0.4) is 0 Å². The molecule has 218 valence electrons. The fourth-order valence-corrected chi connectivity index (χ4v) is 7.94. The minimum atomic E-state index is -1.65. The molecule has 0 aromatic carbocycles. The smallest absolute Gasteiger partial charge is 0.303 e. The Kier molecular flexibility index (Phi) is 8.00. The molecule has 9 atom stereocenters. The lowest BCUT2D eigenvalue weighted by molar-refractivity contribution is -0.340. The minimum Gasteiger partial charge on any atom is -0.462 e. The second kappa shape index (κ2) is 10.4. The quantitative estimate of drug-likeness (QED) is 0.451. The molecule has 39 heavy (non-hydrogen) atoms. The first kappa shape index (κ1) is 29.9. The first-order valence-corrected chi connectivity index (χ1v) is 14.5. The summed E-state index contributed by atoms with van der Waals surface area (Å²) in [5, 5.41) is 24.2. The van der Waals surface area contributed by atoms with Crippen LogP contribution in [-0.4, -0.2) is 57.1 Å². The highest BCUT2D eigenvalue weighted by Gasteiger charge is 2.71. The Morgan fingerprint density at radius 3 is 2.38 bits per heavy atom. The van der Waals surface area contributed by atoms with Crippen LogP contribution in [0.2, 0.25) is 0 Å². The van der Waals surface area contributed by atoms with Crippen molar-refractivity contribution in [3.05, 3.63) is 23.8 Å². The Labute approximate surface area is 232 Å². The standard InChI is InChI=1S/C31H46O8/c1-18(2)8-11-26(37-20(4)32)19(3)31(36)15-14-30(39-31)24-10-9-22-16-23(34)12-13-28(22,6)25(24)17-27(29(30,7)35)38-21(5)33/h12-13,16,18-19,24-27,35-36H,8-11,14-15,17H2,1-7H3/t19-,24-,25+,26+,27+,28-,29+,30-,31+/m1/s1. The van der Waals surface area contributed by atoms with Gasteiger partial charge in [-0.15, -0.1) is 0 Å². The average Bonchev–Trinajstić information content (AvgIpc) is 3.20. The fraction of sp³-hybridized carbons (Fsp3) is 0.774. The molecule has 0 aromatic rings. The molecule has 1 heterocycles. The number of hydrogen-bond acceptors (Lipinski definition) is 8. The van der Waals surface area contributed by atoms with Crippen LogP contribution in [0.5, 0.6) is 0 Å². The molecule has 8 nitrogen and oxygen atoms in total. The molecule has 0 unspecified atom stereocenters. The van der Waals surface area contributed by atoms with E-state index in [0.29, 0.717) is 38.0 Å². The number of rotatable bonds is 7. The van der Waals surface area contributed by atoms with Gasteiger partial charge in [0.05, 0.1) is 0 Å². The van der Waals surface area contributed by atoms with Gasteiger partial charge in [0, 0.05) is 31.6 Å². The Bertz CT molecular complexity index is 1060. The molecule has 1 spiro atoms. The van der Waals surface area contributed by atoms with Crippen molar-refractivity contribution in [3.63, 3.8) is 0 Å². The van der Waals surface area contributed by atoms with E-state index in [1.165, 1.54) is 13.8 Å². The average molecular weight is 547 g/mol. The third kappa shape index (κ3) is 5.13. The van der Waals surface area contributed by atoms with Crippen molar-refractivity contribution in [2.75, 3.05) is 0 Å². The first-order valence-electron chi connectivity index (χ1n) is 14.5. The van der Waals surface area contributed by atoms with E-state index in [9.17, 15) is 24.6 Å². The molecule has 4 rings (SSSR count). The number of aliphatic hydroxyl groups is 2. The van der Waals surface area contributed by atoms with Crippen LogP contribution in [0.1, 0.15) is 93.4 Å². The van der Waals surface area contributed by atoms with Gasteiger partial charge in [0.2, 0.25) is 0 Å². The van der Waals surface area contributed by atoms with Crippen LogP contribution in [0.4, 0.5) is 0 Å². The number of esters is 2. The predicted octanol–water partition coefficient (Wildman–Crippen LogP) is 4.41. The second-order valence-corrected chi connectivity index (χ2v) is 13.2. The maximum atomic E-state index is 12.2. The Hall–Kier alpha value is -2.03. The maximum absolute atomic E-state index is 12.2. The van der Waals surface area contributed by atoms with Crippen molar-refractivity contribution < 1.29 is 38.8 Å². The maximum Gasteiger partial charge on any atom is 0.303 e. The number of allylic oxidation sites excluding steroid dienone is 4. The van der Waals surface area contributed by atoms with E-state index in [1.54, 1.807) is 19.1 Å². The molecular weight excluding hydrogens is 500 g/mol. The second-order valence-electron chi connectivity index (χ2n) is 13.2. The normalized spacial score (nSPS) is 41.0. The van der Waals surface area contributed by atoms with Crippen molar-refractivity contribution in [1.29, 1.82) is 0 Å². The largest absolute Gasteiger partial charge is 0.462 e. The van der Waals surface area contributed by atoms with Crippen molar-refractivity contribution >= 4 is 17.7 Å². The zero-order chi connectivity index (χ0) is 29.0. The van der Waals surface area contributed by atoms with Crippen molar-refractivity contribution in [2.45, 2.75) is 123 Å². The van der Waals surface area contributed by atoms with Crippen LogP contribution < -0.4 is 0 Å². The van der Waals surface area contributed by atoms with Crippen molar-refractivity contribution in [2.24, 2.45) is 29.1 Å². The van der Waals surface area contributed by atoms with Gasteiger partial charge in [-0.2, -0.15) is 0 Å². The summed E-state index contributed by atoms with van der Waals surface area (Å²) >= 11 is 0. The highest BCUT2D eigenvalue weighted by molar-refractivity contribution is 6.01. The monoisotopic (exact) mass is 546 g/mol. The molecule has 3 aliphatic carbocycles. The summed E-state index contributed by atoms with van der Waals surface area (Å²) in [4.78, 5) is 36.4. The molecule has 4 aliphatic rings. The SMILES string of the molecule is CC(=O)O[C@@H](CCC(C)C)[C@@H](C)[C@]1(O)CC[C@@]2(O1)[C@@H]1CCC3=CC(=O)C=C[C@@]3(C)[C@H]1C[C@H](OC(C)=O)[C@]2(C)O. The zero-order valence-corrected chi connectivity index (χ0v) is 24.5. The molecule has 2 saturated carbocycles. The third-order valence-electron chi connectivity index (χ3n) is 10.3. The number of carbonyl (C=O) groups excluding carboxylic acids is 3. The lowest BCUT2D eigenvalue weighted by Crippen LogP contribution is -2.71. The van der Waals surface area contributed by atoms with Gasteiger partial charge in [0.1, 0.15) is 23.4 Å². The molecule has 1 aliphatic heterocycles. The highest BCUT2D eigenvalue weighted by Crippen LogP contribution is 2.65. The van der Waals surface area contributed by atoms with Gasteiger partial charge < -0.3 is 24.4 Å². The number of carbonyl (C=O) groups is 3. The molecule has 0 amide bonds. The third-order valence-corrected chi connectivity index (χ3v) is 10.3. The Morgan fingerprint density at radius 2 is 1.77 bits per heavy atom. The summed E-state index contributed by atoms with van der Waals surface area (Å²) in [5.41, 5.74) is -2.21. The van der Waals surface area contributed by atoms with Crippen LogP contribution in [-0.2, 0) is 28.6 Å².